The lowest BCUT2D eigenvalue weighted by atomic mass is 10.1. The number of aromatic hydroxyl groups is 1. The monoisotopic (exact) mass is 179 g/mol. The van der Waals surface area contributed by atoms with E-state index in [1.165, 1.54) is 6.07 Å². The third-order valence-electron chi connectivity index (χ3n) is 1.85. The van der Waals surface area contributed by atoms with Gasteiger partial charge in [-0.1, -0.05) is 6.08 Å². The van der Waals surface area contributed by atoms with E-state index in [4.69, 9.17) is 10.5 Å². The fraction of sp³-hybridized carbons (Fsp3) is 0.200. The van der Waals surface area contributed by atoms with Gasteiger partial charge in [-0.15, -0.1) is 6.58 Å². The van der Waals surface area contributed by atoms with Crippen LogP contribution in [0.4, 0.5) is 0 Å². The predicted molar refractivity (Wildman–Crippen MR) is 51.8 cm³/mol. The van der Waals surface area contributed by atoms with Crippen molar-refractivity contribution in [3.8, 4) is 11.5 Å². The number of phenols is 1. The van der Waals surface area contributed by atoms with Crippen LogP contribution < -0.4 is 10.5 Å². The van der Waals surface area contributed by atoms with Crippen LogP contribution in [0.15, 0.2) is 30.9 Å². The molecule has 0 aromatic heterocycles. The Labute approximate surface area is 77.4 Å². The Kier molecular flexibility index (Phi) is 2.93. The highest BCUT2D eigenvalue weighted by Crippen LogP contribution is 2.27. The molecule has 13 heavy (non-hydrogen) atoms. The summed E-state index contributed by atoms with van der Waals surface area (Å²) < 4.78 is 4.94. The highest BCUT2D eigenvalue weighted by atomic mass is 16.5. The number of hydrogen-bond donors (Lipinski definition) is 2. The summed E-state index contributed by atoms with van der Waals surface area (Å²) in [5.74, 6) is 0.740. The van der Waals surface area contributed by atoms with Crippen LogP contribution in [0.3, 0.4) is 0 Å². The van der Waals surface area contributed by atoms with E-state index in [1.807, 2.05) is 0 Å². The zero-order chi connectivity index (χ0) is 9.84. The van der Waals surface area contributed by atoms with Gasteiger partial charge in [-0.25, -0.2) is 0 Å². The SMILES string of the molecule is C=C[C@@H](N)c1ccc(OC)cc1O. The lowest BCUT2D eigenvalue weighted by Gasteiger charge is -2.09. The number of ether oxygens (including phenoxy) is 1. The van der Waals surface area contributed by atoms with E-state index >= 15 is 0 Å². The molecule has 1 atom stereocenters. The predicted octanol–water partition coefficient (Wildman–Crippen LogP) is 1.59. The first-order valence-corrected chi connectivity index (χ1v) is 3.94. The fourth-order valence-corrected chi connectivity index (χ4v) is 1.06. The zero-order valence-electron chi connectivity index (χ0n) is 7.53. The summed E-state index contributed by atoms with van der Waals surface area (Å²) in [6, 6.07) is 4.66. The van der Waals surface area contributed by atoms with Crippen LogP contribution in [0.1, 0.15) is 11.6 Å². The maximum Gasteiger partial charge on any atom is 0.124 e. The number of phenolic OH excluding ortho intramolecular Hbond substituents is 1. The van der Waals surface area contributed by atoms with Crippen molar-refractivity contribution in [3.05, 3.63) is 36.4 Å². The molecule has 0 unspecified atom stereocenters. The van der Waals surface area contributed by atoms with E-state index in [9.17, 15) is 5.11 Å². The van der Waals surface area contributed by atoms with E-state index in [1.54, 1.807) is 25.3 Å². The quantitative estimate of drug-likeness (QED) is 0.693. The molecular formula is C10H13NO2. The van der Waals surface area contributed by atoms with Gasteiger partial charge in [0, 0.05) is 11.6 Å². The first-order valence-electron chi connectivity index (χ1n) is 3.94. The molecule has 0 bridgehead atoms. The van der Waals surface area contributed by atoms with Gasteiger partial charge in [-0.05, 0) is 12.1 Å². The Bertz CT molecular complexity index is 310. The Morgan fingerprint density at radius 1 is 1.62 bits per heavy atom. The van der Waals surface area contributed by atoms with Gasteiger partial charge < -0.3 is 15.6 Å². The maximum atomic E-state index is 9.52. The highest BCUT2D eigenvalue weighted by molar-refractivity contribution is 5.42. The van der Waals surface area contributed by atoms with Crippen LogP contribution in [0.25, 0.3) is 0 Å². The van der Waals surface area contributed by atoms with Crippen LogP contribution in [0.5, 0.6) is 11.5 Å². The second-order valence-corrected chi connectivity index (χ2v) is 2.69. The van der Waals surface area contributed by atoms with Gasteiger partial charge in [0.1, 0.15) is 11.5 Å². The Hall–Kier alpha value is -1.48. The van der Waals surface area contributed by atoms with Crippen molar-refractivity contribution >= 4 is 0 Å². The number of benzene rings is 1. The summed E-state index contributed by atoms with van der Waals surface area (Å²) in [4.78, 5) is 0. The molecule has 0 aliphatic heterocycles. The van der Waals surface area contributed by atoms with Crippen molar-refractivity contribution in [2.45, 2.75) is 6.04 Å². The summed E-state index contributed by atoms with van der Waals surface area (Å²) in [5, 5.41) is 9.52. The lowest BCUT2D eigenvalue weighted by Crippen LogP contribution is -2.06. The van der Waals surface area contributed by atoms with Crippen molar-refractivity contribution in [3.63, 3.8) is 0 Å². The average Bonchev–Trinajstić information content (AvgIpc) is 2.16. The molecule has 0 saturated carbocycles. The van der Waals surface area contributed by atoms with E-state index in [2.05, 4.69) is 6.58 Å². The number of nitrogens with two attached hydrogens (primary N) is 1. The Balaban J connectivity index is 3.04. The molecular weight excluding hydrogens is 166 g/mol. The lowest BCUT2D eigenvalue weighted by molar-refractivity contribution is 0.406. The summed E-state index contributed by atoms with van der Waals surface area (Å²) in [6.45, 7) is 3.55. The summed E-state index contributed by atoms with van der Waals surface area (Å²) in [6.07, 6.45) is 1.57. The first kappa shape index (κ1) is 9.61. The third kappa shape index (κ3) is 2.00. The largest absolute Gasteiger partial charge is 0.507 e. The normalized spacial score (nSPS) is 12.2. The molecule has 0 saturated heterocycles. The fourth-order valence-electron chi connectivity index (χ4n) is 1.06. The van der Waals surface area contributed by atoms with Gasteiger partial charge in [0.05, 0.1) is 13.2 Å². The molecule has 0 fully saturated rings. The molecule has 1 aromatic carbocycles. The van der Waals surface area contributed by atoms with E-state index < -0.39 is 0 Å². The maximum absolute atomic E-state index is 9.52. The minimum atomic E-state index is -0.342. The van der Waals surface area contributed by atoms with Crippen LogP contribution in [-0.4, -0.2) is 12.2 Å². The first-order chi connectivity index (χ1) is 6.19. The molecule has 3 N–H and O–H groups in total. The zero-order valence-corrected chi connectivity index (χ0v) is 7.53. The van der Waals surface area contributed by atoms with Crippen molar-refractivity contribution in [2.75, 3.05) is 7.11 Å². The van der Waals surface area contributed by atoms with E-state index in [-0.39, 0.29) is 11.8 Å². The minimum Gasteiger partial charge on any atom is -0.507 e. The molecule has 1 rings (SSSR count). The van der Waals surface area contributed by atoms with Crippen LogP contribution in [0.2, 0.25) is 0 Å². The van der Waals surface area contributed by atoms with Gasteiger partial charge in [-0.2, -0.15) is 0 Å². The number of methoxy groups -OCH3 is 1. The van der Waals surface area contributed by atoms with Gasteiger partial charge in [0.15, 0.2) is 0 Å². The second-order valence-electron chi connectivity index (χ2n) is 2.69. The Morgan fingerprint density at radius 2 is 2.31 bits per heavy atom. The van der Waals surface area contributed by atoms with Gasteiger partial charge >= 0.3 is 0 Å². The van der Waals surface area contributed by atoms with Crippen molar-refractivity contribution in [2.24, 2.45) is 5.73 Å². The van der Waals surface area contributed by atoms with Crippen LogP contribution >= 0.6 is 0 Å². The third-order valence-corrected chi connectivity index (χ3v) is 1.85. The summed E-state index contributed by atoms with van der Waals surface area (Å²) in [7, 11) is 1.54. The van der Waals surface area contributed by atoms with Crippen molar-refractivity contribution in [1.82, 2.24) is 0 Å². The summed E-state index contributed by atoms with van der Waals surface area (Å²) in [5.41, 5.74) is 6.32. The van der Waals surface area contributed by atoms with E-state index in [0.717, 1.165) is 0 Å². The van der Waals surface area contributed by atoms with Crippen LogP contribution in [-0.2, 0) is 0 Å². The van der Waals surface area contributed by atoms with Gasteiger partial charge in [0.2, 0.25) is 0 Å². The molecule has 0 spiro atoms. The second kappa shape index (κ2) is 3.96. The molecule has 0 amide bonds. The number of hydrogen-bond acceptors (Lipinski definition) is 3. The molecule has 70 valence electrons. The molecule has 0 aliphatic rings. The smallest absolute Gasteiger partial charge is 0.124 e. The Morgan fingerprint density at radius 3 is 2.77 bits per heavy atom. The standard InChI is InChI=1S/C10H13NO2/c1-3-9(11)8-5-4-7(13-2)6-10(8)12/h3-6,9,12H,1,11H2,2H3/t9-/m1/s1. The highest BCUT2D eigenvalue weighted by Gasteiger charge is 2.07. The van der Waals surface area contributed by atoms with Crippen LogP contribution in [0, 0.1) is 0 Å². The molecule has 3 heteroatoms. The van der Waals surface area contributed by atoms with Gasteiger partial charge in [0.25, 0.3) is 0 Å². The van der Waals surface area contributed by atoms with Crippen molar-refractivity contribution < 1.29 is 9.84 Å². The number of rotatable bonds is 3. The average molecular weight is 179 g/mol. The van der Waals surface area contributed by atoms with Gasteiger partial charge in [-0.3, -0.25) is 0 Å². The summed E-state index contributed by atoms with van der Waals surface area (Å²) >= 11 is 0. The van der Waals surface area contributed by atoms with E-state index in [0.29, 0.717) is 11.3 Å². The molecule has 3 nitrogen and oxygen atoms in total. The molecule has 0 aliphatic carbocycles. The minimum absolute atomic E-state index is 0.131. The topological polar surface area (TPSA) is 55.5 Å². The van der Waals surface area contributed by atoms with Crippen molar-refractivity contribution in [1.29, 1.82) is 0 Å². The molecule has 0 radical (unpaired) electrons. The molecule has 0 heterocycles. The molecule has 1 aromatic rings.